The molecular formula is C16H26O6. The average molecular weight is 314 g/mol. The Morgan fingerprint density at radius 1 is 0.955 bits per heavy atom. The number of Topliss-reactive ketones (excluding diaryl/α,β-unsaturated/α-hetero) is 1. The summed E-state index contributed by atoms with van der Waals surface area (Å²) in [6.45, 7) is 8.35. The minimum absolute atomic E-state index is 0.116. The van der Waals surface area contributed by atoms with Crippen LogP contribution in [0.25, 0.3) is 0 Å². The zero-order chi connectivity index (χ0) is 16.0. The maximum atomic E-state index is 12.9. The van der Waals surface area contributed by atoms with Crippen LogP contribution in [0.15, 0.2) is 0 Å². The molecule has 1 unspecified atom stereocenters. The van der Waals surface area contributed by atoms with E-state index in [0.29, 0.717) is 25.7 Å². The van der Waals surface area contributed by atoms with E-state index >= 15 is 0 Å². The van der Waals surface area contributed by atoms with Crippen LogP contribution in [-0.4, -0.2) is 48.6 Å². The van der Waals surface area contributed by atoms with Crippen molar-refractivity contribution in [1.82, 2.24) is 0 Å². The van der Waals surface area contributed by atoms with Crippen molar-refractivity contribution < 1.29 is 28.5 Å². The number of ether oxygens (including phenoxy) is 5. The van der Waals surface area contributed by atoms with Gasteiger partial charge in [-0.1, -0.05) is 27.7 Å². The van der Waals surface area contributed by atoms with Crippen molar-refractivity contribution in [2.75, 3.05) is 13.2 Å². The van der Waals surface area contributed by atoms with E-state index in [-0.39, 0.29) is 25.1 Å². The third-order valence-corrected chi connectivity index (χ3v) is 5.19. The molecule has 126 valence electrons. The zero-order valence-electron chi connectivity index (χ0n) is 13.8. The number of carbonyl (C=O) groups excluding carboxylic acids is 1. The molecule has 0 aliphatic carbocycles. The number of carbonyl (C=O) groups is 1. The molecule has 0 bridgehead atoms. The van der Waals surface area contributed by atoms with Crippen molar-refractivity contribution in [1.29, 1.82) is 0 Å². The van der Waals surface area contributed by atoms with Crippen LogP contribution in [0.3, 0.4) is 0 Å². The van der Waals surface area contributed by atoms with Gasteiger partial charge in [0.15, 0.2) is 17.7 Å². The molecule has 3 aliphatic heterocycles. The highest BCUT2D eigenvalue weighted by molar-refractivity contribution is 5.92. The van der Waals surface area contributed by atoms with Crippen molar-refractivity contribution in [2.24, 2.45) is 0 Å². The molecule has 6 nitrogen and oxygen atoms in total. The molecular weight excluding hydrogens is 288 g/mol. The molecule has 1 spiro atoms. The Labute approximate surface area is 131 Å². The predicted molar refractivity (Wildman–Crippen MR) is 77.1 cm³/mol. The van der Waals surface area contributed by atoms with E-state index in [4.69, 9.17) is 23.7 Å². The Hall–Kier alpha value is -0.530. The number of hydrogen-bond acceptors (Lipinski definition) is 6. The van der Waals surface area contributed by atoms with Gasteiger partial charge in [0, 0.05) is 0 Å². The van der Waals surface area contributed by atoms with Crippen molar-refractivity contribution >= 4 is 5.78 Å². The smallest absolute Gasteiger partial charge is 0.258 e. The molecule has 3 rings (SSSR count). The second-order valence-electron chi connectivity index (χ2n) is 6.25. The molecule has 0 saturated carbocycles. The van der Waals surface area contributed by atoms with Gasteiger partial charge in [0.25, 0.3) is 5.79 Å². The highest BCUT2D eigenvalue weighted by Gasteiger charge is 2.64. The molecule has 0 aromatic carbocycles. The summed E-state index contributed by atoms with van der Waals surface area (Å²) in [4.78, 5) is 12.9. The number of rotatable bonds is 4. The van der Waals surface area contributed by atoms with Crippen LogP contribution in [0.5, 0.6) is 0 Å². The van der Waals surface area contributed by atoms with Gasteiger partial charge in [-0.3, -0.25) is 4.79 Å². The number of fused-ring (bicyclic) bond motifs is 1. The quantitative estimate of drug-likeness (QED) is 0.792. The van der Waals surface area contributed by atoms with E-state index in [1.54, 1.807) is 0 Å². The lowest BCUT2D eigenvalue weighted by Crippen LogP contribution is -2.59. The Kier molecular flexibility index (Phi) is 4.10. The lowest BCUT2D eigenvalue weighted by Gasteiger charge is -2.36. The summed E-state index contributed by atoms with van der Waals surface area (Å²) in [6, 6.07) is 0. The standard InChI is InChI=1S/C16H26O6/c1-5-14(6-2)19-10-16(22-14)13(17)12-11(9-18-16)20-15(7-3,8-4)21-12/h11-12H,5-10H2,1-4H3/t11-,12?,16+/m1/s1. The van der Waals surface area contributed by atoms with Gasteiger partial charge in [0.2, 0.25) is 5.78 Å². The summed E-state index contributed by atoms with van der Waals surface area (Å²) in [5.74, 6) is -2.98. The van der Waals surface area contributed by atoms with E-state index < -0.39 is 23.5 Å². The normalized spacial score (nSPS) is 39.4. The third-order valence-electron chi connectivity index (χ3n) is 5.19. The first-order valence-electron chi connectivity index (χ1n) is 8.35. The van der Waals surface area contributed by atoms with E-state index in [9.17, 15) is 4.79 Å². The highest BCUT2D eigenvalue weighted by atomic mass is 16.8. The van der Waals surface area contributed by atoms with Gasteiger partial charge in [0.05, 0.1) is 6.61 Å². The third kappa shape index (κ3) is 2.24. The highest BCUT2D eigenvalue weighted by Crippen LogP contribution is 2.45. The summed E-state index contributed by atoms with van der Waals surface area (Å²) in [5.41, 5.74) is 0. The van der Waals surface area contributed by atoms with Crippen LogP contribution >= 0.6 is 0 Å². The van der Waals surface area contributed by atoms with Crippen molar-refractivity contribution in [3.63, 3.8) is 0 Å². The van der Waals surface area contributed by atoms with E-state index in [2.05, 4.69) is 0 Å². The fraction of sp³-hybridized carbons (Fsp3) is 0.938. The molecule has 22 heavy (non-hydrogen) atoms. The van der Waals surface area contributed by atoms with E-state index in [1.807, 2.05) is 27.7 Å². The largest absolute Gasteiger partial charge is 0.344 e. The molecule has 0 aromatic heterocycles. The maximum Gasteiger partial charge on any atom is 0.258 e. The van der Waals surface area contributed by atoms with Crippen LogP contribution < -0.4 is 0 Å². The predicted octanol–water partition coefficient (Wildman–Crippen LogP) is 2.15. The fourth-order valence-electron chi connectivity index (χ4n) is 3.48. The number of ketones is 1. The maximum absolute atomic E-state index is 12.9. The monoisotopic (exact) mass is 314 g/mol. The van der Waals surface area contributed by atoms with Gasteiger partial charge < -0.3 is 23.7 Å². The summed E-state index contributed by atoms with van der Waals surface area (Å²) in [6.07, 6.45) is 1.73. The Balaban J connectivity index is 1.81. The average Bonchev–Trinajstić information content (AvgIpc) is 3.13. The molecule has 3 heterocycles. The summed E-state index contributed by atoms with van der Waals surface area (Å²) in [5, 5.41) is 0. The summed E-state index contributed by atoms with van der Waals surface area (Å²) < 4.78 is 29.5. The van der Waals surface area contributed by atoms with Gasteiger partial charge in [-0.25, -0.2) is 0 Å². The van der Waals surface area contributed by atoms with Crippen LogP contribution in [0, 0.1) is 0 Å². The fourth-order valence-corrected chi connectivity index (χ4v) is 3.48. The Bertz CT molecular complexity index is 436. The number of hydrogen-bond donors (Lipinski definition) is 0. The van der Waals surface area contributed by atoms with E-state index in [0.717, 1.165) is 0 Å². The molecule has 3 saturated heterocycles. The van der Waals surface area contributed by atoms with Crippen LogP contribution in [0.2, 0.25) is 0 Å². The van der Waals surface area contributed by atoms with Crippen LogP contribution in [0.1, 0.15) is 53.4 Å². The molecule has 0 radical (unpaired) electrons. The van der Waals surface area contributed by atoms with E-state index in [1.165, 1.54) is 0 Å². The van der Waals surface area contributed by atoms with Crippen LogP contribution in [0.4, 0.5) is 0 Å². The van der Waals surface area contributed by atoms with Crippen molar-refractivity contribution in [3.8, 4) is 0 Å². The SMILES string of the molecule is CCC1(CC)OC2C(=O)[C@@]3(COC(CC)(CC)O3)OC[C@H]2O1. The molecule has 0 amide bonds. The Morgan fingerprint density at radius 3 is 2.14 bits per heavy atom. The lowest BCUT2D eigenvalue weighted by atomic mass is 9.99. The van der Waals surface area contributed by atoms with Gasteiger partial charge in [-0.15, -0.1) is 0 Å². The Morgan fingerprint density at radius 2 is 1.59 bits per heavy atom. The van der Waals surface area contributed by atoms with Gasteiger partial charge in [-0.05, 0) is 25.7 Å². The van der Waals surface area contributed by atoms with Crippen LogP contribution in [-0.2, 0) is 28.5 Å². The van der Waals surface area contributed by atoms with Gasteiger partial charge in [0.1, 0.15) is 12.7 Å². The van der Waals surface area contributed by atoms with Crippen molar-refractivity contribution in [3.05, 3.63) is 0 Å². The topological polar surface area (TPSA) is 63.2 Å². The molecule has 0 N–H and O–H groups in total. The molecule has 3 fully saturated rings. The van der Waals surface area contributed by atoms with Gasteiger partial charge in [-0.2, -0.15) is 0 Å². The zero-order valence-corrected chi connectivity index (χ0v) is 13.8. The minimum Gasteiger partial charge on any atom is -0.344 e. The first-order valence-corrected chi connectivity index (χ1v) is 8.35. The first-order chi connectivity index (χ1) is 10.5. The second-order valence-corrected chi connectivity index (χ2v) is 6.25. The molecule has 6 heteroatoms. The lowest BCUT2D eigenvalue weighted by molar-refractivity contribution is -0.273. The molecule has 3 atom stereocenters. The summed E-state index contributed by atoms with van der Waals surface area (Å²) >= 11 is 0. The summed E-state index contributed by atoms with van der Waals surface area (Å²) in [7, 11) is 0. The second kappa shape index (κ2) is 5.53. The first kappa shape index (κ1) is 16.3. The minimum atomic E-state index is -1.34. The van der Waals surface area contributed by atoms with Gasteiger partial charge >= 0.3 is 0 Å². The van der Waals surface area contributed by atoms with Crippen molar-refractivity contribution in [2.45, 2.75) is 82.9 Å². The molecule has 3 aliphatic rings. The molecule has 0 aromatic rings.